The van der Waals surface area contributed by atoms with E-state index >= 15 is 0 Å². The van der Waals surface area contributed by atoms with Crippen molar-refractivity contribution in [2.75, 3.05) is 16.8 Å². The normalized spacial score (nSPS) is 16.1. The molecule has 16 heavy (non-hydrogen) atoms. The number of fused-ring (bicyclic) bond motifs is 1. The van der Waals surface area contributed by atoms with Crippen molar-refractivity contribution < 1.29 is 4.79 Å². The van der Waals surface area contributed by atoms with Crippen LogP contribution in [0.25, 0.3) is 0 Å². The summed E-state index contributed by atoms with van der Waals surface area (Å²) in [5, 5.41) is 7.29. The van der Waals surface area contributed by atoms with Gasteiger partial charge in [-0.2, -0.15) is 5.10 Å². The van der Waals surface area contributed by atoms with Crippen molar-refractivity contribution in [2.45, 2.75) is 33.2 Å². The Kier molecular flexibility index (Phi) is 2.61. The Morgan fingerprint density at radius 3 is 2.75 bits per heavy atom. The number of nitrogens with zero attached hydrogens (tertiary/aromatic N) is 3. The predicted octanol–water partition coefficient (Wildman–Crippen LogP) is 1.29. The van der Waals surface area contributed by atoms with Gasteiger partial charge in [0.1, 0.15) is 5.69 Å². The summed E-state index contributed by atoms with van der Waals surface area (Å²) in [6.45, 7) is 6.92. The molecule has 0 radical (unpaired) electrons. The maximum atomic E-state index is 11.6. The second-order valence-corrected chi connectivity index (χ2v) is 4.49. The zero-order chi connectivity index (χ0) is 11.9. The van der Waals surface area contributed by atoms with Crippen LogP contribution in [0.1, 0.15) is 26.0 Å². The number of anilines is 2. The van der Waals surface area contributed by atoms with Gasteiger partial charge in [0.15, 0.2) is 5.82 Å². The Balaban J connectivity index is 2.53. The number of aromatic nitrogens is 2. The van der Waals surface area contributed by atoms with E-state index in [0.29, 0.717) is 12.5 Å². The molecule has 1 N–H and O–H groups in total. The summed E-state index contributed by atoms with van der Waals surface area (Å²) in [5.74, 6) is 1.08. The number of amides is 1. The molecule has 88 valence electrons. The predicted molar refractivity (Wildman–Crippen MR) is 63.7 cm³/mol. The molecular formula is C11H18N4O. The fourth-order valence-corrected chi connectivity index (χ4v) is 2.15. The minimum atomic E-state index is 0.0699. The summed E-state index contributed by atoms with van der Waals surface area (Å²) in [6.07, 6.45) is 0.534. The van der Waals surface area contributed by atoms with Gasteiger partial charge in [-0.3, -0.25) is 9.48 Å². The van der Waals surface area contributed by atoms with Crippen molar-refractivity contribution in [3.8, 4) is 0 Å². The molecular weight excluding hydrogens is 204 g/mol. The average molecular weight is 222 g/mol. The summed E-state index contributed by atoms with van der Waals surface area (Å²) in [5.41, 5.74) is 1.73. The first-order chi connectivity index (χ1) is 7.50. The van der Waals surface area contributed by atoms with E-state index in [1.165, 1.54) is 0 Å². The van der Waals surface area contributed by atoms with Crippen molar-refractivity contribution in [1.82, 2.24) is 9.78 Å². The number of aryl methyl sites for hydroxylation is 2. The highest BCUT2D eigenvalue weighted by molar-refractivity contribution is 5.96. The van der Waals surface area contributed by atoms with Crippen LogP contribution >= 0.6 is 0 Å². The third kappa shape index (κ3) is 1.66. The molecule has 0 aliphatic carbocycles. The molecule has 0 spiro atoms. The molecule has 0 aromatic carbocycles. The van der Waals surface area contributed by atoms with E-state index in [0.717, 1.165) is 23.7 Å². The molecule has 0 fully saturated rings. The molecule has 5 heteroatoms. The monoisotopic (exact) mass is 222 g/mol. The van der Waals surface area contributed by atoms with Crippen LogP contribution in [0.15, 0.2) is 0 Å². The SMILES string of the molecule is Cc1nn(C)c2c1NC(=O)CCN2C(C)C. The maximum absolute atomic E-state index is 11.6. The smallest absolute Gasteiger partial charge is 0.226 e. The molecule has 1 aromatic rings. The number of hydrogen-bond acceptors (Lipinski definition) is 3. The number of hydrogen-bond donors (Lipinski definition) is 1. The first-order valence-corrected chi connectivity index (χ1v) is 5.60. The summed E-state index contributed by atoms with van der Waals surface area (Å²) >= 11 is 0. The van der Waals surface area contributed by atoms with Gasteiger partial charge in [0.2, 0.25) is 5.91 Å². The molecule has 0 saturated heterocycles. The minimum absolute atomic E-state index is 0.0699. The highest BCUT2D eigenvalue weighted by Crippen LogP contribution is 2.32. The van der Waals surface area contributed by atoms with Gasteiger partial charge in [0.25, 0.3) is 0 Å². The molecule has 2 rings (SSSR count). The topological polar surface area (TPSA) is 50.2 Å². The van der Waals surface area contributed by atoms with Crippen LogP contribution in [0.5, 0.6) is 0 Å². The molecule has 0 bridgehead atoms. The lowest BCUT2D eigenvalue weighted by Crippen LogP contribution is -2.33. The van der Waals surface area contributed by atoms with Crippen molar-refractivity contribution in [3.05, 3.63) is 5.69 Å². The van der Waals surface area contributed by atoms with Crippen molar-refractivity contribution in [2.24, 2.45) is 7.05 Å². The summed E-state index contributed by atoms with van der Waals surface area (Å²) in [4.78, 5) is 13.8. The number of carbonyl (C=O) groups is 1. The largest absolute Gasteiger partial charge is 0.352 e. The lowest BCUT2D eigenvalue weighted by atomic mass is 10.3. The van der Waals surface area contributed by atoms with Gasteiger partial charge < -0.3 is 10.2 Å². The van der Waals surface area contributed by atoms with Crippen LogP contribution in [-0.4, -0.2) is 28.3 Å². The van der Waals surface area contributed by atoms with Crippen LogP contribution in [0.2, 0.25) is 0 Å². The lowest BCUT2D eigenvalue weighted by Gasteiger charge is -2.27. The van der Waals surface area contributed by atoms with Crippen LogP contribution in [0.3, 0.4) is 0 Å². The Labute approximate surface area is 95.4 Å². The van der Waals surface area contributed by atoms with Gasteiger partial charge in [-0.05, 0) is 20.8 Å². The Morgan fingerprint density at radius 2 is 2.12 bits per heavy atom. The molecule has 0 atom stereocenters. The van der Waals surface area contributed by atoms with Gasteiger partial charge in [0.05, 0.1) is 5.69 Å². The van der Waals surface area contributed by atoms with Crippen LogP contribution in [0, 0.1) is 6.92 Å². The molecule has 1 amide bonds. The molecule has 1 aliphatic heterocycles. The van der Waals surface area contributed by atoms with Gasteiger partial charge in [-0.15, -0.1) is 0 Å². The van der Waals surface area contributed by atoms with E-state index in [1.807, 2.05) is 18.7 Å². The van der Waals surface area contributed by atoms with Gasteiger partial charge >= 0.3 is 0 Å². The van der Waals surface area contributed by atoms with Gasteiger partial charge in [-0.25, -0.2) is 0 Å². The average Bonchev–Trinajstić information content (AvgIpc) is 2.38. The first kappa shape index (κ1) is 11.0. The second-order valence-electron chi connectivity index (χ2n) is 4.49. The van der Waals surface area contributed by atoms with Crippen LogP contribution in [0.4, 0.5) is 11.5 Å². The highest BCUT2D eigenvalue weighted by Gasteiger charge is 2.26. The summed E-state index contributed by atoms with van der Waals surface area (Å²) < 4.78 is 1.84. The van der Waals surface area contributed by atoms with Crippen molar-refractivity contribution in [1.29, 1.82) is 0 Å². The molecule has 1 aliphatic rings. The van der Waals surface area contributed by atoms with Gasteiger partial charge in [-0.1, -0.05) is 0 Å². The van der Waals surface area contributed by atoms with Crippen molar-refractivity contribution >= 4 is 17.4 Å². The first-order valence-electron chi connectivity index (χ1n) is 5.60. The lowest BCUT2D eigenvalue weighted by molar-refractivity contribution is -0.115. The molecule has 5 nitrogen and oxygen atoms in total. The fraction of sp³-hybridized carbons (Fsp3) is 0.636. The summed E-state index contributed by atoms with van der Waals surface area (Å²) in [7, 11) is 1.92. The standard InChI is InChI=1S/C11H18N4O/c1-7(2)15-6-5-9(16)12-10-8(3)13-14(4)11(10)15/h7H,5-6H2,1-4H3,(H,12,16). The zero-order valence-corrected chi connectivity index (χ0v) is 10.2. The van der Waals surface area contributed by atoms with E-state index in [4.69, 9.17) is 0 Å². The maximum Gasteiger partial charge on any atom is 0.226 e. The quantitative estimate of drug-likeness (QED) is 0.779. The van der Waals surface area contributed by atoms with Crippen LogP contribution < -0.4 is 10.2 Å². The van der Waals surface area contributed by atoms with Crippen LogP contribution in [-0.2, 0) is 11.8 Å². The molecule has 0 unspecified atom stereocenters. The third-order valence-electron chi connectivity index (χ3n) is 2.93. The second kappa shape index (κ2) is 3.81. The van der Waals surface area contributed by atoms with E-state index < -0.39 is 0 Å². The highest BCUT2D eigenvalue weighted by atomic mass is 16.1. The van der Waals surface area contributed by atoms with Gasteiger partial charge in [0, 0.05) is 26.1 Å². The number of carbonyl (C=O) groups excluding carboxylic acids is 1. The molecule has 1 aromatic heterocycles. The Bertz CT molecular complexity index is 422. The number of nitrogens with one attached hydrogen (secondary N) is 1. The molecule has 0 saturated carbocycles. The molecule has 2 heterocycles. The number of rotatable bonds is 1. The minimum Gasteiger partial charge on any atom is -0.352 e. The Morgan fingerprint density at radius 1 is 1.44 bits per heavy atom. The third-order valence-corrected chi connectivity index (χ3v) is 2.93. The van der Waals surface area contributed by atoms with E-state index in [1.54, 1.807) is 0 Å². The Hall–Kier alpha value is -1.52. The van der Waals surface area contributed by atoms with E-state index in [2.05, 4.69) is 29.2 Å². The van der Waals surface area contributed by atoms with Crippen molar-refractivity contribution in [3.63, 3.8) is 0 Å². The fourth-order valence-electron chi connectivity index (χ4n) is 2.15. The zero-order valence-electron chi connectivity index (χ0n) is 10.2. The summed E-state index contributed by atoms with van der Waals surface area (Å²) in [6, 6.07) is 0.362. The van der Waals surface area contributed by atoms with E-state index in [-0.39, 0.29) is 5.91 Å². The van der Waals surface area contributed by atoms with E-state index in [9.17, 15) is 4.79 Å².